The van der Waals surface area contributed by atoms with Gasteiger partial charge in [-0.1, -0.05) is 6.08 Å². The van der Waals surface area contributed by atoms with Gasteiger partial charge < -0.3 is 9.05 Å². The van der Waals surface area contributed by atoms with E-state index in [9.17, 15) is 9.36 Å². The van der Waals surface area contributed by atoms with E-state index in [0.29, 0.717) is 0 Å². The first-order valence-corrected chi connectivity index (χ1v) is 5.71. The van der Waals surface area contributed by atoms with Crippen molar-refractivity contribution in [1.82, 2.24) is 0 Å². The summed E-state index contributed by atoms with van der Waals surface area (Å²) in [4.78, 5) is 11.2. The minimum atomic E-state index is -3.55. The van der Waals surface area contributed by atoms with Crippen LogP contribution < -0.4 is 0 Å². The molecule has 0 atom stereocenters. The molecule has 0 aromatic heterocycles. The molecule has 0 radical (unpaired) electrons. The van der Waals surface area contributed by atoms with Crippen molar-refractivity contribution in [1.29, 1.82) is 0 Å². The topological polar surface area (TPSA) is 52.6 Å². The predicted octanol–water partition coefficient (Wildman–Crippen LogP) is 2.36. The van der Waals surface area contributed by atoms with Crippen molar-refractivity contribution in [2.24, 2.45) is 0 Å². The fraction of sp³-hybridized carbons (Fsp3) is 0.625. The van der Waals surface area contributed by atoms with Crippen LogP contribution in [0.1, 0.15) is 20.8 Å². The highest BCUT2D eigenvalue weighted by Crippen LogP contribution is 2.49. The molecule has 0 aliphatic carbocycles. The molecule has 0 heterocycles. The first-order valence-electron chi connectivity index (χ1n) is 4.17. The Labute approximate surface area is 78.5 Å². The number of hydrogen-bond acceptors (Lipinski definition) is 4. The van der Waals surface area contributed by atoms with Crippen LogP contribution in [0.5, 0.6) is 0 Å². The Morgan fingerprint density at radius 3 is 2.08 bits per heavy atom. The first-order chi connectivity index (χ1) is 6.10. The normalized spacial score (nSPS) is 12.2. The lowest BCUT2D eigenvalue weighted by molar-refractivity contribution is -0.109. The van der Waals surface area contributed by atoms with Crippen LogP contribution in [0.2, 0.25) is 0 Å². The van der Waals surface area contributed by atoms with Gasteiger partial charge in [0.1, 0.15) is 0 Å². The Bertz CT molecular complexity index is 224. The van der Waals surface area contributed by atoms with Gasteiger partial charge in [-0.2, -0.15) is 0 Å². The molecule has 0 saturated heterocycles. The molecule has 0 aliphatic heterocycles. The zero-order valence-electron chi connectivity index (χ0n) is 8.15. The summed E-state index contributed by atoms with van der Waals surface area (Å²) in [6.07, 6.45) is 2.71. The van der Waals surface area contributed by atoms with E-state index < -0.39 is 13.1 Å². The van der Waals surface area contributed by atoms with Gasteiger partial charge in [0.2, 0.25) is 0 Å². The van der Waals surface area contributed by atoms with Gasteiger partial charge in [0, 0.05) is 0 Å². The molecule has 5 heteroatoms. The van der Waals surface area contributed by atoms with E-state index in [1.54, 1.807) is 20.8 Å². The van der Waals surface area contributed by atoms with Crippen LogP contribution >= 0.6 is 7.60 Å². The molecule has 76 valence electrons. The quantitative estimate of drug-likeness (QED) is 0.494. The third-order valence-corrected chi connectivity index (χ3v) is 3.06. The Hall–Kier alpha value is -0.440. The largest absolute Gasteiger partial charge is 0.400 e. The van der Waals surface area contributed by atoms with E-state index in [-0.39, 0.29) is 13.2 Å². The van der Waals surface area contributed by atoms with Crippen LogP contribution in [-0.2, 0) is 18.4 Å². The lowest BCUT2D eigenvalue weighted by atomic mass is 10.6. The highest BCUT2D eigenvalue weighted by molar-refractivity contribution is 7.72. The van der Waals surface area contributed by atoms with Gasteiger partial charge in [0.25, 0.3) is 5.52 Å². The van der Waals surface area contributed by atoms with Gasteiger partial charge in [-0.25, -0.2) is 0 Å². The van der Waals surface area contributed by atoms with Crippen molar-refractivity contribution in [2.75, 3.05) is 13.2 Å². The van der Waals surface area contributed by atoms with Gasteiger partial charge in [-0.3, -0.25) is 9.36 Å². The molecule has 0 spiro atoms. The molecule has 0 amide bonds. The third-order valence-electron chi connectivity index (χ3n) is 1.18. The van der Waals surface area contributed by atoms with Crippen molar-refractivity contribution < 1.29 is 18.4 Å². The number of hydrogen-bond donors (Lipinski definition) is 0. The van der Waals surface area contributed by atoms with Crippen LogP contribution in [-0.4, -0.2) is 18.7 Å². The van der Waals surface area contributed by atoms with Crippen LogP contribution in [0.25, 0.3) is 0 Å². The minimum Gasteiger partial charge on any atom is -0.303 e. The van der Waals surface area contributed by atoms with Crippen LogP contribution in [0.3, 0.4) is 0 Å². The van der Waals surface area contributed by atoms with E-state index in [0.717, 1.165) is 0 Å². The lowest BCUT2D eigenvalue weighted by Gasteiger charge is -2.12. The number of rotatable bonds is 6. The maximum Gasteiger partial charge on any atom is 0.400 e. The second-order valence-electron chi connectivity index (χ2n) is 2.17. The second-order valence-corrected chi connectivity index (χ2v) is 4.12. The van der Waals surface area contributed by atoms with Crippen LogP contribution in [0, 0.1) is 0 Å². The summed E-state index contributed by atoms with van der Waals surface area (Å²) in [5, 5.41) is 0. The summed E-state index contributed by atoms with van der Waals surface area (Å²) in [5.74, 6) is 0. The molecule has 0 aromatic rings. The summed E-state index contributed by atoms with van der Waals surface area (Å²) in [7, 11) is -3.55. The van der Waals surface area contributed by atoms with Crippen molar-refractivity contribution >= 4 is 13.1 Å². The molecule has 0 fully saturated rings. The Kier molecular flexibility index (Phi) is 5.88. The first kappa shape index (κ1) is 12.6. The van der Waals surface area contributed by atoms with E-state index in [1.165, 1.54) is 12.2 Å². The van der Waals surface area contributed by atoms with Gasteiger partial charge in [0.15, 0.2) is 0 Å². The van der Waals surface area contributed by atoms with Crippen molar-refractivity contribution in [3.8, 4) is 0 Å². The highest BCUT2D eigenvalue weighted by Gasteiger charge is 2.31. The molecule has 0 N–H and O–H groups in total. The monoisotopic (exact) mass is 206 g/mol. The number of carbonyl (C=O) groups excluding carboxylic acids is 1. The zero-order chi connectivity index (χ0) is 10.3. The average molecular weight is 206 g/mol. The number of allylic oxidation sites excluding steroid dienone is 2. The molecule has 0 saturated carbocycles. The summed E-state index contributed by atoms with van der Waals surface area (Å²) >= 11 is 0. The van der Waals surface area contributed by atoms with Gasteiger partial charge in [-0.15, -0.1) is 0 Å². The average Bonchev–Trinajstić information content (AvgIpc) is 2.05. The molecular weight excluding hydrogens is 191 g/mol. The second kappa shape index (κ2) is 6.08. The SMILES string of the molecule is CC=CC(=O)P(=O)(OCC)OCC. The van der Waals surface area contributed by atoms with E-state index in [2.05, 4.69) is 0 Å². The summed E-state index contributed by atoms with van der Waals surface area (Å²) in [6, 6.07) is 0. The highest BCUT2D eigenvalue weighted by atomic mass is 31.2. The molecule has 0 aromatic carbocycles. The summed E-state index contributed by atoms with van der Waals surface area (Å²) in [6.45, 7) is 5.38. The summed E-state index contributed by atoms with van der Waals surface area (Å²) < 4.78 is 21.3. The molecule has 0 rings (SSSR count). The Morgan fingerprint density at radius 1 is 1.31 bits per heavy atom. The fourth-order valence-corrected chi connectivity index (χ4v) is 2.08. The van der Waals surface area contributed by atoms with Crippen molar-refractivity contribution in [3.63, 3.8) is 0 Å². The smallest absolute Gasteiger partial charge is 0.303 e. The predicted molar refractivity (Wildman–Crippen MR) is 50.7 cm³/mol. The Balaban J connectivity index is 4.57. The third kappa shape index (κ3) is 3.85. The zero-order valence-corrected chi connectivity index (χ0v) is 9.04. The van der Waals surface area contributed by atoms with Gasteiger partial charge in [-0.05, 0) is 26.8 Å². The van der Waals surface area contributed by atoms with Crippen molar-refractivity contribution in [3.05, 3.63) is 12.2 Å². The molecular formula is C8H15O4P. The van der Waals surface area contributed by atoms with Crippen LogP contribution in [0.4, 0.5) is 0 Å². The lowest BCUT2D eigenvalue weighted by Crippen LogP contribution is -2.04. The van der Waals surface area contributed by atoms with E-state index in [4.69, 9.17) is 9.05 Å². The van der Waals surface area contributed by atoms with Gasteiger partial charge >= 0.3 is 7.60 Å². The molecule has 13 heavy (non-hydrogen) atoms. The van der Waals surface area contributed by atoms with Crippen LogP contribution in [0.15, 0.2) is 12.2 Å². The molecule has 0 bridgehead atoms. The van der Waals surface area contributed by atoms with E-state index in [1.807, 2.05) is 0 Å². The molecule has 4 nitrogen and oxygen atoms in total. The molecule has 0 unspecified atom stereocenters. The Morgan fingerprint density at radius 2 is 1.77 bits per heavy atom. The number of carbonyl (C=O) groups is 1. The van der Waals surface area contributed by atoms with Crippen molar-refractivity contribution in [2.45, 2.75) is 20.8 Å². The fourth-order valence-electron chi connectivity index (χ4n) is 0.738. The van der Waals surface area contributed by atoms with E-state index >= 15 is 0 Å². The van der Waals surface area contributed by atoms with Gasteiger partial charge in [0.05, 0.1) is 13.2 Å². The maximum atomic E-state index is 11.7. The minimum absolute atomic E-state index is 0.195. The maximum absolute atomic E-state index is 11.7. The standard InChI is InChI=1S/C8H15O4P/c1-4-7-8(9)13(10,11-5-2)12-6-3/h4,7H,5-6H2,1-3H3. The molecule has 0 aliphatic rings. The summed E-state index contributed by atoms with van der Waals surface area (Å²) in [5.41, 5.74) is -0.598.